The molecule has 1 aromatic rings. The number of ether oxygens (including phenoxy) is 1. The smallest absolute Gasteiger partial charge is 0.408 e. The molecule has 0 heterocycles. The molecule has 7 heteroatoms. The van der Waals surface area contributed by atoms with E-state index in [2.05, 4.69) is 24.1 Å². The minimum absolute atomic E-state index is 0.0394. The van der Waals surface area contributed by atoms with Crippen molar-refractivity contribution in [3.63, 3.8) is 0 Å². The molecular formula is C28H45N3O4. The summed E-state index contributed by atoms with van der Waals surface area (Å²) in [6.07, 6.45) is 2.80. The molecule has 3 amide bonds. The first-order valence-electron chi connectivity index (χ1n) is 12.6. The van der Waals surface area contributed by atoms with Gasteiger partial charge in [0.25, 0.3) is 0 Å². The number of nitrogens with one attached hydrogen (secondary N) is 2. The second-order valence-corrected chi connectivity index (χ2v) is 10.7. The molecule has 0 radical (unpaired) electrons. The Bertz CT molecular complexity index is 873. The first-order chi connectivity index (χ1) is 16.2. The lowest BCUT2D eigenvalue weighted by Crippen LogP contribution is -2.57. The highest BCUT2D eigenvalue weighted by atomic mass is 16.6. The summed E-state index contributed by atoms with van der Waals surface area (Å²) >= 11 is 0. The maximum absolute atomic E-state index is 14.0. The van der Waals surface area contributed by atoms with E-state index in [4.69, 9.17) is 4.74 Å². The molecule has 0 saturated carbocycles. The zero-order valence-electron chi connectivity index (χ0n) is 23.0. The van der Waals surface area contributed by atoms with Gasteiger partial charge in [-0.3, -0.25) is 9.59 Å². The standard InChI is InChI=1S/C28H45N3O4/c1-11-14-20(7)29-25(32)24(22-16-13-15-21(12-2)17-22)31(19(5)6)26(33)23(18(3)4)30-27(34)35-28(8,9)10/h12-13,15-20,23-24H,2,11,14H2,1,3-10H3,(H,29,32)(H,30,34). The van der Waals surface area contributed by atoms with Crippen molar-refractivity contribution in [3.05, 3.63) is 42.0 Å². The van der Waals surface area contributed by atoms with Gasteiger partial charge in [-0.1, -0.05) is 58.0 Å². The molecule has 0 aliphatic heterocycles. The molecule has 0 spiro atoms. The Labute approximate surface area is 211 Å². The van der Waals surface area contributed by atoms with Gasteiger partial charge >= 0.3 is 6.09 Å². The average molecular weight is 488 g/mol. The van der Waals surface area contributed by atoms with Gasteiger partial charge in [0, 0.05) is 12.1 Å². The minimum Gasteiger partial charge on any atom is -0.444 e. The number of hydrogen-bond acceptors (Lipinski definition) is 4. The van der Waals surface area contributed by atoms with Crippen molar-refractivity contribution in [1.29, 1.82) is 0 Å². The molecule has 3 atom stereocenters. The molecule has 1 aromatic carbocycles. The predicted molar refractivity (Wildman–Crippen MR) is 142 cm³/mol. The monoisotopic (exact) mass is 487 g/mol. The summed E-state index contributed by atoms with van der Waals surface area (Å²) < 4.78 is 5.40. The number of carbonyl (C=O) groups is 3. The SMILES string of the molecule is C=Cc1cccc(C(C(=O)NC(C)CCC)N(C(=O)C(NC(=O)OC(C)(C)C)C(C)C)C(C)C)c1. The van der Waals surface area contributed by atoms with Crippen LogP contribution >= 0.6 is 0 Å². The van der Waals surface area contributed by atoms with E-state index in [0.29, 0.717) is 5.56 Å². The summed E-state index contributed by atoms with van der Waals surface area (Å²) in [5, 5.41) is 5.81. The van der Waals surface area contributed by atoms with E-state index in [1.165, 1.54) is 0 Å². The van der Waals surface area contributed by atoms with E-state index in [1.807, 2.05) is 58.9 Å². The zero-order valence-corrected chi connectivity index (χ0v) is 23.0. The summed E-state index contributed by atoms with van der Waals surface area (Å²) in [6.45, 7) is 20.6. The molecule has 0 fully saturated rings. The van der Waals surface area contributed by atoms with Gasteiger partial charge in [0.05, 0.1) is 0 Å². The van der Waals surface area contributed by atoms with E-state index in [9.17, 15) is 14.4 Å². The molecule has 35 heavy (non-hydrogen) atoms. The van der Waals surface area contributed by atoms with Gasteiger partial charge in [0.1, 0.15) is 17.7 Å². The molecule has 2 N–H and O–H groups in total. The second kappa shape index (κ2) is 13.3. The van der Waals surface area contributed by atoms with Crippen molar-refractivity contribution in [1.82, 2.24) is 15.5 Å². The Morgan fingerprint density at radius 1 is 1.09 bits per heavy atom. The van der Waals surface area contributed by atoms with E-state index in [0.717, 1.165) is 18.4 Å². The molecule has 0 saturated heterocycles. The van der Waals surface area contributed by atoms with Crippen molar-refractivity contribution >= 4 is 24.0 Å². The second-order valence-electron chi connectivity index (χ2n) is 10.7. The Hall–Kier alpha value is -2.83. The molecule has 0 bridgehead atoms. The maximum Gasteiger partial charge on any atom is 0.408 e. The molecule has 0 aliphatic rings. The van der Waals surface area contributed by atoms with E-state index < -0.39 is 23.8 Å². The molecule has 1 rings (SSSR count). The number of rotatable bonds is 11. The normalized spacial score (nSPS) is 14.1. The van der Waals surface area contributed by atoms with Crippen molar-refractivity contribution in [2.24, 2.45) is 5.92 Å². The Kier molecular flexibility index (Phi) is 11.5. The lowest BCUT2D eigenvalue weighted by molar-refractivity contribution is -0.145. The Morgan fingerprint density at radius 2 is 1.71 bits per heavy atom. The molecule has 196 valence electrons. The van der Waals surface area contributed by atoms with E-state index >= 15 is 0 Å². The maximum atomic E-state index is 14.0. The van der Waals surface area contributed by atoms with Crippen LogP contribution in [0, 0.1) is 5.92 Å². The third-order valence-corrected chi connectivity index (χ3v) is 5.51. The molecule has 3 unspecified atom stereocenters. The fourth-order valence-corrected chi connectivity index (χ4v) is 3.91. The Balaban J connectivity index is 3.49. The molecule has 7 nitrogen and oxygen atoms in total. The number of hydrogen-bond donors (Lipinski definition) is 2. The van der Waals surface area contributed by atoms with Gasteiger partial charge in [-0.15, -0.1) is 0 Å². The van der Waals surface area contributed by atoms with Crippen LogP contribution in [0.15, 0.2) is 30.8 Å². The lowest BCUT2D eigenvalue weighted by Gasteiger charge is -2.38. The van der Waals surface area contributed by atoms with Crippen molar-refractivity contribution < 1.29 is 19.1 Å². The summed E-state index contributed by atoms with van der Waals surface area (Å²) in [5.41, 5.74) is 0.839. The predicted octanol–water partition coefficient (Wildman–Crippen LogP) is 5.46. The first kappa shape index (κ1) is 30.2. The van der Waals surface area contributed by atoms with Crippen LogP contribution in [0.25, 0.3) is 6.08 Å². The fourth-order valence-electron chi connectivity index (χ4n) is 3.91. The molecule has 0 aliphatic carbocycles. The van der Waals surface area contributed by atoms with Gasteiger partial charge in [0.2, 0.25) is 11.8 Å². The third kappa shape index (κ3) is 9.38. The number of carbonyl (C=O) groups excluding carboxylic acids is 3. The van der Waals surface area contributed by atoms with Gasteiger partial charge in [0.15, 0.2) is 0 Å². The lowest BCUT2D eigenvalue weighted by atomic mass is 9.96. The minimum atomic E-state index is -0.872. The van der Waals surface area contributed by atoms with E-state index in [-0.39, 0.29) is 29.8 Å². The van der Waals surface area contributed by atoms with Crippen LogP contribution in [0.2, 0.25) is 0 Å². The zero-order chi connectivity index (χ0) is 26.9. The van der Waals surface area contributed by atoms with Crippen LogP contribution in [0.3, 0.4) is 0 Å². The van der Waals surface area contributed by atoms with Crippen LogP contribution in [-0.4, -0.2) is 46.5 Å². The van der Waals surface area contributed by atoms with Crippen LogP contribution < -0.4 is 10.6 Å². The topological polar surface area (TPSA) is 87.7 Å². The van der Waals surface area contributed by atoms with Crippen molar-refractivity contribution in [3.8, 4) is 0 Å². The summed E-state index contributed by atoms with van der Waals surface area (Å²) in [5.74, 6) is -0.819. The van der Waals surface area contributed by atoms with Crippen molar-refractivity contribution in [2.45, 2.75) is 105 Å². The molecule has 0 aromatic heterocycles. The van der Waals surface area contributed by atoms with Gasteiger partial charge in [-0.2, -0.15) is 0 Å². The van der Waals surface area contributed by atoms with E-state index in [1.54, 1.807) is 31.7 Å². The average Bonchev–Trinajstić information content (AvgIpc) is 2.73. The van der Waals surface area contributed by atoms with Gasteiger partial charge < -0.3 is 20.3 Å². The number of benzene rings is 1. The highest BCUT2D eigenvalue weighted by molar-refractivity contribution is 5.92. The van der Waals surface area contributed by atoms with Gasteiger partial charge in [-0.25, -0.2) is 4.79 Å². The third-order valence-electron chi connectivity index (χ3n) is 5.51. The fraction of sp³-hybridized carbons (Fsp3) is 0.607. The van der Waals surface area contributed by atoms with Gasteiger partial charge in [-0.05, 0) is 71.1 Å². The quantitative estimate of drug-likeness (QED) is 0.434. The highest BCUT2D eigenvalue weighted by Crippen LogP contribution is 2.27. The Morgan fingerprint density at radius 3 is 2.20 bits per heavy atom. The highest BCUT2D eigenvalue weighted by Gasteiger charge is 2.39. The number of alkyl carbamates (subject to hydrolysis) is 1. The molecular weight excluding hydrogens is 442 g/mol. The van der Waals surface area contributed by atoms with Crippen molar-refractivity contribution in [2.75, 3.05) is 0 Å². The largest absolute Gasteiger partial charge is 0.444 e. The van der Waals surface area contributed by atoms with Crippen LogP contribution in [0.1, 0.15) is 92.3 Å². The summed E-state index contributed by atoms with van der Waals surface area (Å²) in [4.78, 5) is 41.7. The summed E-state index contributed by atoms with van der Waals surface area (Å²) in [6, 6.07) is 5.38. The van der Waals surface area contributed by atoms with Crippen LogP contribution in [-0.2, 0) is 14.3 Å². The van der Waals surface area contributed by atoms with Crippen LogP contribution in [0.4, 0.5) is 4.79 Å². The van der Waals surface area contributed by atoms with Crippen LogP contribution in [0.5, 0.6) is 0 Å². The first-order valence-corrected chi connectivity index (χ1v) is 12.6. The number of amides is 3. The number of nitrogens with zero attached hydrogens (tertiary/aromatic N) is 1. The summed E-state index contributed by atoms with van der Waals surface area (Å²) in [7, 11) is 0.